The minimum atomic E-state index is -1.44. The lowest BCUT2D eigenvalue weighted by Gasteiger charge is -2.37. The lowest BCUT2D eigenvalue weighted by molar-refractivity contribution is -0.128. The fourth-order valence-electron chi connectivity index (χ4n) is 1.57. The summed E-state index contributed by atoms with van der Waals surface area (Å²) in [6, 6.07) is -0.820. The number of halogens is 2. The summed E-state index contributed by atoms with van der Waals surface area (Å²) in [4.78, 5) is 12.8. The van der Waals surface area contributed by atoms with Crippen LogP contribution in [0.5, 0.6) is 0 Å². The number of carbonyl (C=O) groups excluding carboxylic acids is 1. The molecule has 0 aliphatic heterocycles. The summed E-state index contributed by atoms with van der Waals surface area (Å²) in [5, 5.41) is 9.28. The first-order valence-electron chi connectivity index (χ1n) is 4.51. The van der Waals surface area contributed by atoms with Gasteiger partial charge in [-0.25, -0.2) is 9.23 Å². The van der Waals surface area contributed by atoms with E-state index in [-0.39, 0.29) is 6.42 Å². The molecule has 0 aromatic heterocycles. The van der Waals surface area contributed by atoms with Gasteiger partial charge in [-0.3, -0.25) is 4.79 Å². The minimum absolute atomic E-state index is 0.0145. The first-order valence-corrected chi connectivity index (χ1v) is 4.89. The first kappa shape index (κ1) is 11.7. The molecule has 0 spiro atoms. The molecule has 0 radical (unpaired) electrons. The molecule has 4 N–H and O–H groups in total. The van der Waals surface area contributed by atoms with Gasteiger partial charge in [-0.05, 0) is 31.0 Å². The number of aliphatic hydroxyl groups is 1. The standard InChI is InChI=1S/C8H14ClFN2O2/c9-12-5(6(13)7(11)14)4-8(10)2-1-3-8/h5-6,12-13H,1-4H2,(H2,11,14). The van der Waals surface area contributed by atoms with Crippen LogP contribution in [0, 0.1) is 0 Å². The molecular formula is C8H14ClFN2O2. The Balaban J connectivity index is 2.49. The maximum absolute atomic E-state index is 13.6. The molecule has 1 saturated carbocycles. The Morgan fingerprint density at radius 1 is 1.71 bits per heavy atom. The van der Waals surface area contributed by atoms with Crippen LogP contribution in [0.25, 0.3) is 0 Å². The number of carbonyl (C=O) groups is 1. The Morgan fingerprint density at radius 2 is 2.29 bits per heavy atom. The molecule has 2 atom stereocenters. The number of nitrogens with two attached hydrogens (primary N) is 1. The van der Waals surface area contributed by atoms with E-state index in [2.05, 4.69) is 4.84 Å². The number of alkyl halides is 1. The first-order chi connectivity index (χ1) is 6.48. The Bertz CT molecular complexity index is 223. The van der Waals surface area contributed by atoms with Crippen molar-refractivity contribution in [1.29, 1.82) is 0 Å². The van der Waals surface area contributed by atoms with Gasteiger partial charge in [-0.1, -0.05) is 0 Å². The molecule has 1 aliphatic carbocycles. The summed E-state index contributed by atoms with van der Waals surface area (Å²) in [7, 11) is 0. The molecular weight excluding hydrogens is 211 g/mol. The van der Waals surface area contributed by atoms with Crippen molar-refractivity contribution in [2.45, 2.75) is 43.5 Å². The minimum Gasteiger partial charge on any atom is -0.382 e. The smallest absolute Gasteiger partial charge is 0.247 e. The highest BCUT2D eigenvalue weighted by molar-refractivity contribution is 6.13. The Morgan fingerprint density at radius 3 is 2.57 bits per heavy atom. The van der Waals surface area contributed by atoms with Gasteiger partial charge in [0.15, 0.2) is 0 Å². The highest BCUT2D eigenvalue weighted by Crippen LogP contribution is 2.40. The lowest BCUT2D eigenvalue weighted by atomic mass is 9.77. The quantitative estimate of drug-likeness (QED) is 0.585. The van der Waals surface area contributed by atoms with Gasteiger partial charge in [0.05, 0.1) is 6.04 Å². The fraction of sp³-hybridized carbons (Fsp3) is 0.875. The van der Waals surface area contributed by atoms with Gasteiger partial charge in [-0.2, -0.15) is 0 Å². The lowest BCUT2D eigenvalue weighted by Crippen LogP contribution is -2.49. The molecule has 82 valence electrons. The average molecular weight is 225 g/mol. The van der Waals surface area contributed by atoms with E-state index >= 15 is 0 Å². The zero-order chi connectivity index (χ0) is 10.8. The van der Waals surface area contributed by atoms with E-state index in [9.17, 15) is 14.3 Å². The van der Waals surface area contributed by atoms with E-state index in [0.29, 0.717) is 12.8 Å². The van der Waals surface area contributed by atoms with Crippen LogP contribution < -0.4 is 10.6 Å². The normalized spacial score (nSPS) is 23.6. The predicted molar refractivity (Wildman–Crippen MR) is 50.3 cm³/mol. The van der Waals surface area contributed by atoms with Crippen molar-refractivity contribution in [1.82, 2.24) is 4.84 Å². The van der Waals surface area contributed by atoms with Crippen molar-refractivity contribution >= 4 is 17.7 Å². The van der Waals surface area contributed by atoms with Crippen molar-refractivity contribution in [2.75, 3.05) is 0 Å². The van der Waals surface area contributed by atoms with E-state index in [1.54, 1.807) is 0 Å². The summed E-state index contributed by atoms with van der Waals surface area (Å²) >= 11 is 5.31. The van der Waals surface area contributed by atoms with Gasteiger partial charge < -0.3 is 10.8 Å². The summed E-state index contributed by atoms with van der Waals surface area (Å²) in [5.74, 6) is -0.897. The van der Waals surface area contributed by atoms with Crippen LogP contribution in [0.4, 0.5) is 4.39 Å². The molecule has 14 heavy (non-hydrogen) atoms. The summed E-state index contributed by atoms with van der Waals surface area (Å²) < 4.78 is 13.6. The van der Waals surface area contributed by atoms with Crippen LogP contribution in [0.3, 0.4) is 0 Å². The molecule has 0 aromatic carbocycles. The van der Waals surface area contributed by atoms with E-state index in [1.807, 2.05) is 0 Å². The monoisotopic (exact) mass is 224 g/mol. The molecule has 6 heteroatoms. The van der Waals surface area contributed by atoms with Crippen LogP contribution in [0.1, 0.15) is 25.7 Å². The summed E-state index contributed by atoms with van der Waals surface area (Å²) in [5.41, 5.74) is 3.58. The molecule has 0 heterocycles. The number of aliphatic hydroxyl groups excluding tert-OH is 1. The third-order valence-corrected chi connectivity index (χ3v) is 2.93. The molecule has 2 unspecified atom stereocenters. The van der Waals surface area contributed by atoms with Gasteiger partial charge in [0.1, 0.15) is 11.8 Å². The van der Waals surface area contributed by atoms with Gasteiger partial charge in [0.2, 0.25) is 5.91 Å². The predicted octanol–water partition coefficient (Wildman–Crippen LogP) is 0.227. The maximum atomic E-state index is 13.6. The molecule has 1 amide bonds. The number of rotatable bonds is 5. The van der Waals surface area contributed by atoms with Crippen molar-refractivity contribution in [2.24, 2.45) is 5.73 Å². The van der Waals surface area contributed by atoms with Crippen molar-refractivity contribution in [3.8, 4) is 0 Å². The number of nitrogens with one attached hydrogen (secondary N) is 1. The second-order valence-corrected chi connectivity index (χ2v) is 3.99. The SMILES string of the molecule is NC(=O)C(O)C(CC1(F)CCC1)NCl. The van der Waals surface area contributed by atoms with Crippen LogP contribution in [-0.2, 0) is 4.79 Å². The number of hydrogen-bond acceptors (Lipinski definition) is 3. The molecule has 1 rings (SSSR count). The Hall–Kier alpha value is -0.390. The van der Waals surface area contributed by atoms with Crippen molar-refractivity contribution in [3.05, 3.63) is 0 Å². The molecule has 0 bridgehead atoms. The van der Waals surface area contributed by atoms with E-state index in [1.165, 1.54) is 0 Å². The van der Waals surface area contributed by atoms with Gasteiger partial charge in [0, 0.05) is 6.42 Å². The zero-order valence-corrected chi connectivity index (χ0v) is 8.43. The summed E-state index contributed by atoms with van der Waals surface area (Å²) in [6.45, 7) is 0. The highest BCUT2D eigenvalue weighted by Gasteiger charge is 2.41. The van der Waals surface area contributed by atoms with E-state index < -0.39 is 23.7 Å². The molecule has 4 nitrogen and oxygen atoms in total. The van der Waals surface area contributed by atoms with Crippen LogP contribution in [-0.4, -0.2) is 28.8 Å². The van der Waals surface area contributed by atoms with Crippen LogP contribution in [0.2, 0.25) is 0 Å². The largest absolute Gasteiger partial charge is 0.382 e. The topological polar surface area (TPSA) is 75.4 Å². The Kier molecular flexibility index (Phi) is 3.69. The van der Waals surface area contributed by atoms with Gasteiger partial charge >= 0.3 is 0 Å². The highest BCUT2D eigenvalue weighted by atomic mass is 35.5. The number of primary amides is 1. The second-order valence-electron chi connectivity index (χ2n) is 3.77. The van der Waals surface area contributed by atoms with Gasteiger partial charge in [0.25, 0.3) is 0 Å². The zero-order valence-electron chi connectivity index (χ0n) is 7.67. The number of amides is 1. The van der Waals surface area contributed by atoms with Crippen molar-refractivity contribution in [3.63, 3.8) is 0 Å². The van der Waals surface area contributed by atoms with Crippen LogP contribution >= 0.6 is 11.8 Å². The fourth-order valence-corrected chi connectivity index (χ4v) is 1.76. The molecule has 1 aliphatic rings. The molecule has 0 saturated heterocycles. The number of hydrogen-bond donors (Lipinski definition) is 3. The average Bonchev–Trinajstić information content (AvgIpc) is 2.10. The molecule has 1 fully saturated rings. The molecule has 0 aromatic rings. The van der Waals surface area contributed by atoms with E-state index in [4.69, 9.17) is 17.5 Å². The van der Waals surface area contributed by atoms with Crippen molar-refractivity contribution < 1.29 is 14.3 Å². The van der Waals surface area contributed by atoms with E-state index in [0.717, 1.165) is 6.42 Å². The maximum Gasteiger partial charge on any atom is 0.247 e. The van der Waals surface area contributed by atoms with Crippen LogP contribution in [0.15, 0.2) is 0 Å². The third-order valence-electron chi connectivity index (χ3n) is 2.65. The van der Waals surface area contributed by atoms with Gasteiger partial charge in [-0.15, -0.1) is 0 Å². The Labute approximate surface area is 86.7 Å². The summed E-state index contributed by atoms with van der Waals surface area (Å²) in [6.07, 6.45) is 0.306. The second kappa shape index (κ2) is 4.42. The third kappa shape index (κ3) is 2.56.